The van der Waals surface area contributed by atoms with Crippen molar-refractivity contribution in [1.29, 1.82) is 0 Å². The van der Waals surface area contributed by atoms with E-state index < -0.39 is 0 Å². The third-order valence-electron chi connectivity index (χ3n) is 2.08. The average Bonchev–Trinajstić information content (AvgIpc) is 2.52. The normalized spacial score (nSPS) is 9.57. The Morgan fingerprint density at radius 1 is 1.00 bits per heavy atom. The molecule has 0 amide bonds. The molecule has 1 aromatic heterocycles. The first-order valence-electron chi connectivity index (χ1n) is 4.38. The van der Waals surface area contributed by atoms with Crippen LogP contribution >= 0.6 is 0 Å². The van der Waals surface area contributed by atoms with Gasteiger partial charge >= 0.3 is 0 Å². The van der Waals surface area contributed by atoms with Gasteiger partial charge in [-0.25, -0.2) is 0 Å². The molecule has 1 heterocycles. The van der Waals surface area contributed by atoms with Gasteiger partial charge in [0, 0.05) is 5.56 Å². The molecule has 0 saturated carbocycles. The number of hydrogen-bond donors (Lipinski definition) is 0. The molecule has 1 nitrogen and oxygen atoms in total. The summed E-state index contributed by atoms with van der Waals surface area (Å²) in [6.45, 7) is 4.05. The zero-order valence-corrected chi connectivity index (χ0v) is 7.87. The first kappa shape index (κ1) is 10.6. The van der Waals surface area contributed by atoms with Crippen LogP contribution in [-0.4, -0.2) is 0 Å². The lowest BCUT2D eigenvalue weighted by atomic mass is 10.1. The predicted molar refractivity (Wildman–Crippen MR) is 60.3 cm³/mol. The molecule has 74 valence electrons. The van der Waals surface area contributed by atoms with Crippen LogP contribution in [0, 0.1) is 13.8 Å². The first-order chi connectivity index (χ1) is 6.25. The molecule has 1 aromatic carbocycles. The molecule has 2 aromatic rings. The second-order valence-corrected chi connectivity index (χ2v) is 3.32. The molecule has 0 atom stereocenters. The fraction of sp³-hybridized carbons (Fsp3) is 0.231. The van der Waals surface area contributed by atoms with Gasteiger partial charge in [-0.05, 0) is 25.5 Å². The average molecular weight is 188 g/mol. The van der Waals surface area contributed by atoms with Crippen LogP contribution in [0.15, 0.2) is 41.0 Å². The van der Waals surface area contributed by atoms with Crippen molar-refractivity contribution in [1.82, 2.24) is 0 Å². The minimum absolute atomic E-state index is 0. The Kier molecular flexibility index (Phi) is 3.13. The first-order valence-corrected chi connectivity index (χ1v) is 4.38. The summed E-state index contributed by atoms with van der Waals surface area (Å²) in [7, 11) is 0. The van der Waals surface area contributed by atoms with Gasteiger partial charge in [-0.1, -0.05) is 37.3 Å². The largest absolute Gasteiger partial charge is 0.469 e. The summed E-state index contributed by atoms with van der Waals surface area (Å²) < 4.78 is 5.26. The van der Waals surface area contributed by atoms with Gasteiger partial charge in [0.1, 0.15) is 5.76 Å². The van der Waals surface area contributed by atoms with E-state index in [-0.39, 0.29) is 7.43 Å². The number of aryl methyl sites for hydroxylation is 2. The second-order valence-electron chi connectivity index (χ2n) is 3.32. The molecule has 0 radical (unpaired) electrons. The highest BCUT2D eigenvalue weighted by Gasteiger charge is 2.00. The molecule has 0 aliphatic heterocycles. The molecule has 0 unspecified atom stereocenters. The van der Waals surface area contributed by atoms with Crippen LogP contribution in [0.3, 0.4) is 0 Å². The van der Waals surface area contributed by atoms with E-state index in [9.17, 15) is 0 Å². The van der Waals surface area contributed by atoms with Gasteiger partial charge in [-0.3, -0.25) is 0 Å². The predicted octanol–water partition coefficient (Wildman–Crippen LogP) is 4.20. The minimum Gasteiger partial charge on any atom is -0.469 e. The van der Waals surface area contributed by atoms with Crippen molar-refractivity contribution in [3.63, 3.8) is 0 Å². The highest BCUT2D eigenvalue weighted by Crippen LogP contribution is 2.22. The van der Waals surface area contributed by atoms with Gasteiger partial charge in [0.25, 0.3) is 0 Å². The lowest BCUT2D eigenvalue weighted by Crippen LogP contribution is -1.75. The highest BCUT2D eigenvalue weighted by molar-refractivity contribution is 5.63. The van der Waals surface area contributed by atoms with E-state index >= 15 is 0 Å². The van der Waals surface area contributed by atoms with Gasteiger partial charge in [0.2, 0.25) is 0 Å². The van der Waals surface area contributed by atoms with Crippen LogP contribution in [0.25, 0.3) is 11.1 Å². The third-order valence-corrected chi connectivity index (χ3v) is 2.08. The fourth-order valence-electron chi connectivity index (χ4n) is 1.42. The van der Waals surface area contributed by atoms with E-state index in [0.717, 1.165) is 11.3 Å². The van der Waals surface area contributed by atoms with Crippen LogP contribution < -0.4 is 0 Å². The summed E-state index contributed by atoms with van der Waals surface area (Å²) in [6.07, 6.45) is 1.80. The molecule has 14 heavy (non-hydrogen) atoms. The van der Waals surface area contributed by atoms with E-state index in [0.29, 0.717) is 0 Å². The maximum atomic E-state index is 5.26. The van der Waals surface area contributed by atoms with E-state index in [1.54, 1.807) is 6.26 Å². The van der Waals surface area contributed by atoms with Gasteiger partial charge in [-0.15, -0.1) is 0 Å². The Morgan fingerprint density at radius 2 is 1.79 bits per heavy atom. The second kappa shape index (κ2) is 4.14. The number of rotatable bonds is 1. The maximum absolute atomic E-state index is 5.26. The Bertz CT molecular complexity index is 413. The summed E-state index contributed by atoms with van der Waals surface area (Å²) in [4.78, 5) is 0. The Morgan fingerprint density at radius 3 is 2.36 bits per heavy atom. The molecule has 2 rings (SSSR count). The van der Waals surface area contributed by atoms with Crippen molar-refractivity contribution < 1.29 is 4.42 Å². The molecule has 1 heteroatoms. The van der Waals surface area contributed by atoms with E-state index in [2.05, 4.69) is 37.3 Å². The summed E-state index contributed by atoms with van der Waals surface area (Å²) in [5.74, 6) is 0.955. The van der Waals surface area contributed by atoms with Gasteiger partial charge in [0.05, 0.1) is 6.26 Å². The molecular formula is C13H16O. The summed E-state index contributed by atoms with van der Waals surface area (Å²) in [5, 5.41) is 0. The smallest absolute Gasteiger partial charge is 0.101 e. The van der Waals surface area contributed by atoms with Crippen LogP contribution in [0.4, 0.5) is 0 Å². The lowest BCUT2D eigenvalue weighted by molar-refractivity contribution is 0.535. The van der Waals surface area contributed by atoms with E-state index in [1.165, 1.54) is 11.1 Å². The molecule has 0 spiro atoms. The highest BCUT2D eigenvalue weighted by atomic mass is 16.3. The molecule has 0 fully saturated rings. The third kappa shape index (κ3) is 2.05. The van der Waals surface area contributed by atoms with Crippen LogP contribution in [0.5, 0.6) is 0 Å². The lowest BCUT2D eigenvalue weighted by Gasteiger charge is -1.97. The summed E-state index contributed by atoms with van der Waals surface area (Å²) >= 11 is 0. The zero-order chi connectivity index (χ0) is 9.26. The van der Waals surface area contributed by atoms with Crippen molar-refractivity contribution in [3.05, 3.63) is 47.9 Å². The van der Waals surface area contributed by atoms with Gasteiger partial charge in [-0.2, -0.15) is 0 Å². The number of hydrogen-bond acceptors (Lipinski definition) is 1. The maximum Gasteiger partial charge on any atom is 0.101 e. The summed E-state index contributed by atoms with van der Waals surface area (Å²) in [5.41, 5.74) is 3.65. The van der Waals surface area contributed by atoms with Gasteiger partial charge < -0.3 is 4.42 Å². The Labute approximate surface area is 85.4 Å². The van der Waals surface area contributed by atoms with Crippen molar-refractivity contribution >= 4 is 0 Å². The van der Waals surface area contributed by atoms with Crippen molar-refractivity contribution in [2.24, 2.45) is 0 Å². The van der Waals surface area contributed by atoms with Crippen LogP contribution in [0.2, 0.25) is 0 Å². The van der Waals surface area contributed by atoms with Gasteiger partial charge in [0.15, 0.2) is 0 Å². The van der Waals surface area contributed by atoms with E-state index in [1.807, 2.05) is 6.92 Å². The van der Waals surface area contributed by atoms with Crippen LogP contribution in [0.1, 0.15) is 18.8 Å². The zero-order valence-electron chi connectivity index (χ0n) is 7.87. The molecule has 0 aliphatic carbocycles. The molecule has 0 N–H and O–H groups in total. The SMILES string of the molecule is C.Cc1cccc(-c2coc(C)c2)c1. The van der Waals surface area contributed by atoms with Crippen molar-refractivity contribution in [2.45, 2.75) is 21.3 Å². The minimum atomic E-state index is 0. The molecule has 0 aliphatic rings. The Balaban J connectivity index is 0.000000980. The summed E-state index contributed by atoms with van der Waals surface area (Å²) in [6, 6.07) is 10.5. The van der Waals surface area contributed by atoms with Crippen molar-refractivity contribution in [2.75, 3.05) is 0 Å². The molecule has 0 bridgehead atoms. The number of furan rings is 1. The quantitative estimate of drug-likeness (QED) is 0.653. The monoisotopic (exact) mass is 188 g/mol. The molecule has 0 saturated heterocycles. The van der Waals surface area contributed by atoms with E-state index in [4.69, 9.17) is 4.42 Å². The van der Waals surface area contributed by atoms with Crippen LogP contribution in [-0.2, 0) is 0 Å². The molecular weight excluding hydrogens is 172 g/mol. The fourth-order valence-corrected chi connectivity index (χ4v) is 1.42. The Hall–Kier alpha value is -1.50. The number of benzene rings is 1. The van der Waals surface area contributed by atoms with Crippen molar-refractivity contribution in [3.8, 4) is 11.1 Å². The topological polar surface area (TPSA) is 13.1 Å². The standard InChI is InChI=1S/C12H12O.CH4/c1-9-4-3-5-11(6-9)12-7-10(2)13-8-12;/h3-8H,1-2H3;1H4.